The van der Waals surface area contributed by atoms with Crippen molar-refractivity contribution in [2.24, 2.45) is 28.6 Å². The standard InChI is InChI=1S/C37H61N5O7S/c1-10-11-19-38-31(45)28(43)25(20-23-15-16-23)39-30(44)27-26-24(36(26,8)9)21-42(27)32(46)29(34(2,3)4)40-33(47)41-37(17-13-12-14-18-37)22-50(48,49)35(5,6)7/h10,23-27,29H,1,11-22H2,2-9H3,(H,38,45)(H,39,44)(H2,40,41,47)/t24?,25?,26?,27-,29+/m0/s1. The summed E-state index contributed by atoms with van der Waals surface area (Å²) in [5, 5.41) is 11.4. The fourth-order valence-corrected chi connectivity index (χ4v) is 9.38. The monoisotopic (exact) mass is 719 g/mol. The second kappa shape index (κ2) is 14.6. The number of carbonyl (C=O) groups is 5. The third-order valence-corrected chi connectivity index (χ3v) is 14.3. The average Bonchev–Trinajstić information content (AvgIpc) is 3.85. The third-order valence-electron chi connectivity index (χ3n) is 11.5. The van der Waals surface area contributed by atoms with E-state index >= 15 is 0 Å². The van der Waals surface area contributed by atoms with E-state index in [-0.39, 0.29) is 35.5 Å². The van der Waals surface area contributed by atoms with Crippen LogP contribution >= 0.6 is 0 Å². The van der Waals surface area contributed by atoms with Crippen LogP contribution in [-0.2, 0) is 29.0 Å². The number of Topliss-reactive ketones (excluding diaryl/α,β-unsaturated/α-hetero) is 1. The first-order chi connectivity index (χ1) is 23.0. The van der Waals surface area contributed by atoms with Crippen molar-refractivity contribution < 1.29 is 32.4 Å². The molecule has 13 heteroatoms. The first kappa shape index (κ1) is 39.8. The number of hydrogen-bond acceptors (Lipinski definition) is 7. The van der Waals surface area contributed by atoms with Crippen molar-refractivity contribution in [1.82, 2.24) is 26.2 Å². The summed E-state index contributed by atoms with van der Waals surface area (Å²) in [4.78, 5) is 69.9. The number of urea groups is 1. The number of nitrogens with one attached hydrogen (secondary N) is 4. The molecule has 1 aliphatic heterocycles. The smallest absolute Gasteiger partial charge is 0.315 e. The van der Waals surface area contributed by atoms with Gasteiger partial charge in [-0.1, -0.05) is 72.8 Å². The largest absolute Gasteiger partial charge is 0.349 e. The van der Waals surface area contributed by atoms with Gasteiger partial charge in [0.15, 0.2) is 9.84 Å². The predicted molar refractivity (Wildman–Crippen MR) is 193 cm³/mol. The summed E-state index contributed by atoms with van der Waals surface area (Å²) in [5.74, 6) is -2.37. The molecule has 4 aliphatic rings. The Morgan fingerprint density at radius 3 is 2.12 bits per heavy atom. The van der Waals surface area contributed by atoms with Gasteiger partial charge in [0.05, 0.1) is 22.1 Å². The summed E-state index contributed by atoms with van der Waals surface area (Å²) in [7, 11) is -3.56. The van der Waals surface area contributed by atoms with Gasteiger partial charge in [-0.25, -0.2) is 13.2 Å². The summed E-state index contributed by atoms with van der Waals surface area (Å²) in [6.07, 6.45) is 7.91. The van der Waals surface area contributed by atoms with Crippen molar-refractivity contribution in [3.05, 3.63) is 12.7 Å². The SMILES string of the molecule is C=CCCNC(=O)C(=O)C(CC1CC1)NC(=O)[C@@H]1C2C(CN1C(=O)[C@@H](NC(=O)NC1(CS(=O)(=O)C(C)(C)C)CCCCC1)C(C)(C)C)C2(C)C. The van der Waals surface area contributed by atoms with E-state index < -0.39 is 73.2 Å². The molecule has 3 unspecified atom stereocenters. The molecule has 0 radical (unpaired) electrons. The number of hydrogen-bond donors (Lipinski definition) is 4. The van der Waals surface area contributed by atoms with Crippen molar-refractivity contribution >= 4 is 39.4 Å². The van der Waals surface area contributed by atoms with Gasteiger partial charge in [0.1, 0.15) is 12.1 Å². The second-order valence-electron chi connectivity index (χ2n) is 17.9. The minimum absolute atomic E-state index is 0.0598. The molecular weight excluding hydrogens is 659 g/mol. The molecule has 0 aromatic heterocycles. The normalized spacial score (nSPS) is 25.4. The minimum atomic E-state index is -3.56. The lowest BCUT2D eigenvalue weighted by Crippen LogP contribution is -2.64. The van der Waals surface area contributed by atoms with Gasteiger partial charge in [-0.05, 0) is 75.0 Å². The Kier molecular flexibility index (Phi) is 11.6. The zero-order valence-corrected chi connectivity index (χ0v) is 32.3. The van der Waals surface area contributed by atoms with Crippen molar-refractivity contribution in [2.45, 2.75) is 142 Å². The number of carbonyl (C=O) groups excluding carboxylic acids is 5. The number of fused-ring (bicyclic) bond motifs is 1. The number of amides is 5. The quantitative estimate of drug-likeness (QED) is 0.121. The van der Waals surface area contributed by atoms with Gasteiger partial charge in [-0.3, -0.25) is 19.2 Å². The Morgan fingerprint density at radius 1 is 0.960 bits per heavy atom. The Bertz CT molecular complexity index is 1450. The number of piperidine rings is 1. The third kappa shape index (κ3) is 8.91. The molecule has 4 rings (SSSR count). The van der Waals surface area contributed by atoms with Crippen LogP contribution in [0, 0.1) is 28.6 Å². The van der Waals surface area contributed by atoms with Crippen LogP contribution in [0.4, 0.5) is 4.79 Å². The first-order valence-electron chi connectivity index (χ1n) is 18.4. The maximum absolute atomic E-state index is 14.5. The number of sulfone groups is 1. The molecule has 0 bridgehead atoms. The number of nitrogens with zero attached hydrogens (tertiary/aromatic N) is 1. The average molecular weight is 720 g/mol. The van der Waals surface area contributed by atoms with Crippen LogP contribution in [-0.4, -0.2) is 90.1 Å². The van der Waals surface area contributed by atoms with Crippen LogP contribution in [0.25, 0.3) is 0 Å². The summed E-state index contributed by atoms with van der Waals surface area (Å²) in [6.45, 7) is 18.8. The molecule has 5 amide bonds. The Morgan fingerprint density at radius 2 is 1.58 bits per heavy atom. The molecule has 0 aromatic rings. The molecule has 3 saturated carbocycles. The van der Waals surface area contributed by atoms with Gasteiger partial charge in [0, 0.05) is 13.1 Å². The van der Waals surface area contributed by atoms with E-state index in [0.29, 0.717) is 32.2 Å². The molecule has 4 N–H and O–H groups in total. The highest BCUT2D eigenvalue weighted by Gasteiger charge is 2.70. The number of likely N-dealkylation sites (tertiary alicyclic amines) is 1. The zero-order valence-electron chi connectivity index (χ0n) is 31.4. The van der Waals surface area contributed by atoms with Crippen molar-refractivity contribution in [3.63, 3.8) is 0 Å². The molecule has 4 fully saturated rings. The van der Waals surface area contributed by atoms with E-state index in [4.69, 9.17) is 0 Å². The van der Waals surface area contributed by atoms with Crippen LogP contribution in [0.15, 0.2) is 12.7 Å². The summed E-state index contributed by atoms with van der Waals surface area (Å²) in [6, 6.07) is -3.53. The lowest BCUT2D eigenvalue weighted by molar-refractivity contribution is -0.145. The molecule has 1 heterocycles. The topological polar surface area (TPSA) is 171 Å². The molecule has 1 saturated heterocycles. The lowest BCUT2D eigenvalue weighted by atomic mass is 9.83. The highest BCUT2D eigenvalue weighted by atomic mass is 32.2. The lowest BCUT2D eigenvalue weighted by Gasteiger charge is -2.41. The molecule has 3 aliphatic carbocycles. The van der Waals surface area contributed by atoms with Crippen molar-refractivity contribution in [2.75, 3.05) is 18.8 Å². The number of ketones is 1. The van der Waals surface area contributed by atoms with Gasteiger partial charge in [-0.15, -0.1) is 6.58 Å². The van der Waals surface area contributed by atoms with Gasteiger partial charge >= 0.3 is 6.03 Å². The Hall–Kier alpha value is -2.96. The van der Waals surface area contributed by atoms with Crippen LogP contribution in [0.3, 0.4) is 0 Å². The molecule has 0 spiro atoms. The summed E-state index contributed by atoms with van der Waals surface area (Å²) >= 11 is 0. The van der Waals surface area contributed by atoms with E-state index in [2.05, 4.69) is 41.7 Å². The Labute approximate surface area is 299 Å². The van der Waals surface area contributed by atoms with E-state index in [9.17, 15) is 32.4 Å². The fraction of sp³-hybridized carbons (Fsp3) is 0.811. The van der Waals surface area contributed by atoms with E-state index in [1.54, 1.807) is 26.8 Å². The van der Waals surface area contributed by atoms with Gasteiger partial charge in [0.2, 0.25) is 17.6 Å². The molecular formula is C37H61N5O7S. The summed E-state index contributed by atoms with van der Waals surface area (Å²) < 4.78 is 25.6. The zero-order chi connectivity index (χ0) is 37.4. The first-order valence-corrected chi connectivity index (χ1v) is 20.0. The van der Waals surface area contributed by atoms with Gasteiger partial charge in [-0.2, -0.15) is 0 Å². The van der Waals surface area contributed by atoms with Gasteiger partial charge < -0.3 is 26.2 Å². The predicted octanol–water partition coefficient (Wildman–Crippen LogP) is 3.65. The second-order valence-corrected chi connectivity index (χ2v) is 20.7. The molecule has 282 valence electrons. The molecule has 5 atom stereocenters. The molecule has 0 aromatic carbocycles. The van der Waals surface area contributed by atoms with E-state index in [1.165, 1.54) is 4.90 Å². The molecule has 50 heavy (non-hydrogen) atoms. The highest BCUT2D eigenvalue weighted by molar-refractivity contribution is 7.92. The number of rotatable bonds is 14. The maximum atomic E-state index is 14.5. The van der Waals surface area contributed by atoms with Crippen LogP contribution in [0.5, 0.6) is 0 Å². The van der Waals surface area contributed by atoms with Crippen LogP contribution in [0.1, 0.15) is 113 Å². The molecule has 12 nitrogen and oxygen atoms in total. The maximum Gasteiger partial charge on any atom is 0.315 e. The highest BCUT2D eigenvalue weighted by Crippen LogP contribution is 2.65. The van der Waals surface area contributed by atoms with E-state index in [1.807, 2.05) is 20.8 Å². The van der Waals surface area contributed by atoms with Crippen molar-refractivity contribution in [1.29, 1.82) is 0 Å². The van der Waals surface area contributed by atoms with Gasteiger partial charge in [0.25, 0.3) is 5.91 Å². The van der Waals surface area contributed by atoms with E-state index in [0.717, 1.165) is 32.1 Å². The van der Waals surface area contributed by atoms with Crippen molar-refractivity contribution in [3.8, 4) is 0 Å². The summed E-state index contributed by atoms with van der Waals surface area (Å²) in [5.41, 5.74) is -1.92. The minimum Gasteiger partial charge on any atom is -0.349 e. The Balaban J connectivity index is 1.54. The van der Waals surface area contributed by atoms with Crippen LogP contribution < -0.4 is 21.3 Å². The fourth-order valence-electron chi connectivity index (χ4n) is 7.86. The van der Waals surface area contributed by atoms with Crippen LogP contribution in [0.2, 0.25) is 0 Å².